The molecular weight excluding hydrogens is 445 g/mol. The van der Waals surface area contributed by atoms with Crippen molar-refractivity contribution in [3.05, 3.63) is 89.2 Å². The van der Waals surface area contributed by atoms with Crippen molar-refractivity contribution in [2.45, 2.75) is 6.54 Å². The maximum Gasteiger partial charge on any atom is 0.258 e. The Morgan fingerprint density at radius 2 is 2.03 bits per heavy atom. The van der Waals surface area contributed by atoms with Crippen molar-refractivity contribution < 1.29 is 9.18 Å². The summed E-state index contributed by atoms with van der Waals surface area (Å²) in [5.74, 6) is -0.635. The molecule has 0 saturated carbocycles. The lowest BCUT2D eigenvalue weighted by atomic mass is 10.1. The minimum atomic E-state index is -0.412. The summed E-state index contributed by atoms with van der Waals surface area (Å²) >= 11 is 6.09. The lowest BCUT2D eigenvalue weighted by Gasteiger charge is -2.08. The zero-order chi connectivity index (χ0) is 22.9. The van der Waals surface area contributed by atoms with Gasteiger partial charge in [0.1, 0.15) is 12.1 Å². The number of nitrogens with one attached hydrogen (secondary N) is 1. The number of amides is 1. The molecule has 1 amide bonds. The molecule has 0 aliphatic rings. The maximum absolute atomic E-state index is 13.3. The van der Waals surface area contributed by atoms with Crippen molar-refractivity contribution >= 4 is 34.4 Å². The van der Waals surface area contributed by atoms with Crippen LogP contribution in [0.25, 0.3) is 22.2 Å². The Morgan fingerprint density at radius 1 is 1.18 bits per heavy atom. The van der Waals surface area contributed by atoms with Gasteiger partial charge >= 0.3 is 0 Å². The molecular formula is C23H17ClFN7O. The number of hydrogen-bond donors (Lipinski definition) is 1. The maximum atomic E-state index is 13.3. The molecule has 0 unspecified atom stereocenters. The number of hydrogen-bond acceptors (Lipinski definition) is 5. The zero-order valence-electron chi connectivity index (χ0n) is 17.4. The molecule has 33 heavy (non-hydrogen) atoms. The van der Waals surface area contributed by atoms with Gasteiger partial charge in [-0.25, -0.2) is 19.0 Å². The number of halogens is 2. The van der Waals surface area contributed by atoms with Crippen LogP contribution >= 0.6 is 11.6 Å². The summed E-state index contributed by atoms with van der Waals surface area (Å²) in [7, 11) is 1.82. The van der Waals surface area contributed by atoms with Crippen molar-refractivity contribution in [3.63, 3.8) is 0 Å². The van der Waals surface area contributed by atoms with E-state index in [-0.39, 0.29) is 18.4 Å². The fourth-order valence-electron chi connectivity index (χ4n) is 3.49. The summed E-state index contributed by atoms with van der Waals surface area (Å²) in [4.78, 5) is 22.0. The SMILES string of the molecule is Cn1cc(-c2cc(C(=O)Nc3ncn(Cc4ccc(F)cc4Cl)n3)c3ccccc3n2)cn1. The summed E-state index contributed by atoms with van der Waals surface area (Å²) in [5.41, 5.74) is 3.25. The lowest BCUT2D eigenvalue weighted by molar-refractivity contribution is 0.102. The van der Waals surface area contributed by atoms with E-state index in [1.807, 2.05) is 37.5 Å². The highest BCUT2D eigenvalue weighted by atomic mass is 35.5. The highest BCUT2D eigenvalue weighted by Gasteiger charge is 2.16. The molecule has 1 N–H and O–H groups in total. The Kier molecular flexibility index (Phi) is 5.31. The van der Waals surface area contributed by atoms with Gasteiger partial charge in [0.2, 0.25) is 5.95 Å². The third kappa shape index (κ3) is 4.31. The molecule has 3 heterocycles. The summed E-state index contributed by atoms with van der Waals surface area (Å²) in [6, 6.07) is 13.3. The van der Waals surface area contributed by atoms with Crippen molar-refractivity contribution in [1.82, 2.24) is 29.5 Å². The number of fused-ring (bicyclic) bond motifs is 1. The van der Waals surface area contributed by atoms with Crippen LogP contribution in [0, 0.1) is 5.82 Å². The van der Waals surface area contributed by atoms with Crippen LogP contribution in [0.1, 0.15) is 15.9 Å². The monoisotopic (exact) mass is 461 g/mol. The van der Waals surface area contributed by atoms with Crippen LogP contribution in [-0.2, 0) is 13.6 Å². The van der Waals surface area contributed by atoms with Gasteiger partial charge in [0.25, 0.3) is 5.91 Å². The Hall–Kier alpha value is -4.11. The van der Waals surface area contributed by atoms with E-state index < -0.39 is 5.82 Å². The Bertz CT molecular complexity index is 1490. The Balaban J connectivity index is 1.42. The first-order valence-corrected chi connectivity index (χ1v) is 10.4. The smallest absolute Gasteiger partial charge is 0.258 e. The number of aryl methyl sites for hydroxylation is 1. The number of carbonyl (C=O) groups excluding carboxylic acids is 1. The summed E-state index contributed by atoms with van der Waals surface area (Å²) in [5, 5.41) is 12.2. The van der Waals surface area contributed by atoms with Gasteiger partial charge < -0.3 is 0 Å². The van der Waals surface area contributed by atoms with Gasteiger partial charge in [-0.2, -0.15) is 5.10 Å². The number of nitrogens with zero attached hydrogens (tertiary/aromatic N) is 6. The second-order valence-corrected chi connectivity index (χ2v) is 7.84. The van der Waals surface area contributed by atoms with Gasteiger partial charge in [-0.15, -0.1) is 5.10 Å². The second kappa shape index (κ2) is 8.44. The molecule has 0 spiro atoms. The van der Waals surface area contributed by atoms with E-state index in [4.69, 9.17) is 11.6 Å². The third-order valence-corrected chi connectivity index (χ3v) is 5.42. The summed E-state index contributed by atoms with van der Waals surface area (Å²) in [6.07, 6.45) is 5.01. The molecule has 8 nitrogen and oxygen atoms in total. The number of rotatable bonds is 5. The van der Waals surface area contributed by atoms with E-state index in [1.165, 1.54) is 23.1 Å². The molecule has 0 bridgehead atoms. The van der Waals surface area contributed by atoms with E-state index in [0.29, 0.717) is 32.7 Å². The minimum Gasteiger partial charge on any atom is -0.289 e. The van der Waals surface area contributed by atoms with Crippen LogP contribution in [0.5, 0.6) is 0 Å². The fourth-order valence-corrected chi connectivity index (χ4v) is 3.71. The van der Waals surface area contributed by atoms with Crippen LogP contribution < -0.4 is 5.32 Å². The second-order valence-electron chi connectivity index (χ2n) is 7.43. The van der Waals surface area contributed by atoms with Crippen molar-refractivity contribution in [2.24, 2.45) is 7.05 Å². The zero-order valence-corrected chi connectivity index (χ0v) is 18.2. The van der Waals surface area contributed by atoms with Gasteiger partial charge in [-0.3, -0.25) is 14.8 Å². The fraction of sp³-hybridized carbons (Fsp3) is 0.0870. The molecule has 0 atom stereocenters. The predicted molar refractivity (Wildman–Crippen MR) is 122 cm³/mol. The average Bonchev–Trinajstić information content (AvgIpc) is 3.43. The van der Waals surface area contributed by atoms with Crippen molar-refractivity contribution in [3.8, 4) is 11.3 Å². The minimum absolute atomic E-state index is 0.141. The first kappa shape index (κ1) is 20.8. The number of anilines is 1. The van der Waals surface area contributed by atoms with Gasteiger partial charge in [0.05, 0.1) is 29.5 Å². The topological polar surface area (TPSA) is 90.5 Å². The molecule has 164 valence electrons. The van der Waals surface area contributed by atoms with Gasteiger partial charge in [0.15, 0.2) is 0 Å². The van der Waals surface area contributed by atoms with Crippen LogP contribution in [0.2, 0.25) is 5.02 Å². The summed E-state index contributed by atoms with van der Waals surface area (Å²) in [6.45, 7) is 0.283. The van der Waals surface area contributed by atoms with Crippen molar-refractivity contribution in [1.29, 1.82) is 0 Å². The molecule has 10 heteroatoms. The average molecular weight is 462 g/mol. The van der Waals surface area contributed by atoms with Crippen LogP contribution in [0.4, 0.5) is 10.3 Å². The van der Waals surface area contributed by atoms with Crippen LogP contribution in [0.3, 0.4) is 0 Å². The molecule has 0 aliphatic heterocycles. The quantitative estimate of drug-likeness (QED) is 0.421. The summed E-state index contributed by atoms with van der Waals surface area (Å²) < 4.78 is 16.5. The Morgan fingerprint density at radius 3 is 2.82 bits per heavy atom. The van der Waals surface area contributed by atoms with E-state index in [9.17, 15) is 9.18 Å². The van der Waals surface area contributed by atoms with Gasteiger partial charge in [-0.1, -0.05) is 35.9 Å². The standard InChI is InChI=1S/C23H17ClFN7O/c1-31-11-15(10-27-31)21-9-18(17-4-2-3-5-20(17)28-21)22(33)29-23-26-13-32(30-23)12-14-6-7-16(25)8-19(14)24/h2-11,13H,12H2,1H3,(H,29,30,33). The van der Waals surface area contributed by atoms with E-state index >= 15 is 0 Å². The van der Waals surface area contributed by atoms with E-state index in [2.05, 4.69) is 25.5 Å². The van der Waals surface area contributed by atoms with E-state index in [0.717, 1.165) is 5.56 Å². The number of benzene rings is 2. The molecule has 0 fully saturated rings. The molecule has 5 rings (SSSR count). The highest BCUT2D eigenvalue weighted by Crippen LogP contribution is 2.25. The van der Waals surface area contributed by atoms with Crippen molar-refractivity contribution in [2.75, 3.05) is 5.32 Å². The van der Waals surface area contributed by atoms with Crippen LogP contribution in [-0.4, -0.2) is 35.4 Å². The lowest BCUT2D eigenvalue weighted by Crippen LogP contribution is -2.14. The number of pyridine rings is 1. The predicted octanol–water partition coefficient (Wildman–Crippen LogP) is 4.32. The Labute approximate surface area is 192 Å². The molecule has 2 aromatic carbocycles. The number of para-hydroxylation sites is 1. The van der Waals surface area contributed by atoms with Gasteiger partial charge in [0, 0.05) is 29.2 Å². The van der Waals surface area contributed by atoms with Gasteiger partial charge in [-0.05, 0) is 29.8 Å². The molecule has 0 aliphatic carbocycles. The first-order valence-electron chi connectivity index (χ1n) is 10.00. The van der Waals surface area contributed by atoms with E-state index in [1.54, 1.807) is 23.0 Å². The third-order valence-electron chi connectivity index (χ3n) is 5.07. The number of carbonyl (C=O) groups is 1. The molecule has 3 aromatic heterocycles. The molecule has 5 aromatic rings. The largest absolute Gasteiger partial charge is 0.289 e. The highest BCUT2D eigenvalue weighted by molar-refractivity contribution is 6.31. The normalized spacial score (nSPS) is 11.1. The number of aromatic nitrogens is 6. The van der Waals surface area contributed by atoms with Crippen LogP contribution in [0.15, 0.2) is 67.3 Å². The molecule has 0 radical (unpaired) electrons. The molecule has 0 saturated heterocycles. The first-order chi connectivity index (χ1) is 16.0.